The summed E-state index contributed by atoms with van der Waals surface area (Å²) in [6, 6.07) is 8.68. The molecule has 14 heavy (non-hydrogen) atoms. The van der Waals surface area contributed by atoms with E-state index in [1.165, 1.54) is 7.05 Å². The molecule has 0 spiro atoms. The molecule has 1 amide bonds. The molecule has 0 bridgehead atoms. The molecule has 0 radical (unpaired) electrons. The molecule has 4 nitrogen and oxygen atoms in total. The van der Waals surface area contributed by atoms with Crippen LogP contribution in [0.3, 0.4) is 0 Å². The van der Waals surface area contributed by atoms with E-state index in [0.29, 0.717) is 5.56 Å². The Balaban J connectivity index is 2.48. The van der Waals surface area contributed by atoms with Gasteiger partial charge < -0.3 is 10.1 Å². The zero-order valence-corrected chi connectivity index (χ0v) is 7.82. The Morgan fingerprint density at radius 2 is 1.93 bits per heavy atom. The van der Waals surface area contributed by atoms with Crippen molar-refractivity contribution in [3.63, 3.8) is 0 Å². The molecule has 0 aliphatic heterocycles. The highest BCUT2D eigenvalue weighted by atomic mass is 16.5. The first-order chi connectivity index (χ1) is 6.74. The van der Waals surface area contributed by atoms with Crippen molar-refractivity contribution >= 4 is 11.9 Å². The zero-order chi connectivity index (χ0) is 10.4. The maximum Gasteiger partial charge on any atom is 0.407 e. The number of nitrogens with one attached hydrogen (secondary N) is 1. The average molecular weight is 193 g/mol. The number of hydrogen-bond acceptors (Lipinski definition) is 3. The largest absolute Gasteiger partial charge is 0.441 e. The molecule has 4 heteroatoms. The Kier molecular flexibility index (Phi) is 3.67. The van der Waals surface area contributed by atoms with Gasteiger partial charge in [0.15, 0.2) is 12.4 Å². The number of alkyl carbamates (subject to hydrolysis) is 1. The number of Topliss-reactive ketones (excluding diaryl/α,β-unsaturated/α-hetero) is 1. The molecule has 0 atom stereocenters. The van der Waals surface area contributed by atoms with Crippen LogP contribution in [-0.4, -0.2) is 25.5 Å². The topological polar surface area (TPSA) is 55.4 Å². The summed E-state index contributed by atoms with van der Waals surface area (Å²) in [5, 5.41) is 2.26. The van der Waals surface area contributed by atoms with Gasteiger partial charge in [-0.25, -0.2) is 4.79 Å². The quantitative estimate of drug-likeness (QED) is 0.734. The van der Waals surface area contributed by atoms with E-state index in [9.17, 15) is 9.59 Å². The van der Waals surface area contributed by atoms with Crippen LogP contribution >= 0.6 is 0 Å². The van der Waals surface area contributed by atoms with Gasteiger partial charge in [0, 0.05) is 12.6 Å². The van der Waals surface area contributed by atoms with Crippen LogP contribution in [0.15, 0.2) is 30.3 Å². The van der Waals surface area contributed by atoms with Gasteiger partial charge in [-0.1, -0.05) is 30.3 Å². The van der Waals surface area contributed by atoms with Gasteiger partial charge in [0.25, 0.3) is 0 Å². The molecule has 1 N–H and O–H groups in total. The lowest BCUT2D eigenvalue weighted by Crippen LogP contribution is -2.22. The van der Waals surface area contributed by atoms with E-state index in [-0.39, 0.29) is 12.4 Å². The van der Waals surface area contributed by atoms with Gasteiger partial charge in [0.1, 0.15) is 0 Å². The highest BCUT2D eigenvalue weighted by Gasteiger charge is 2.07. The van der Waals surface area contributed by atoms with Crippen molar-refractivity contribution in [3.8, 4) is 0 Å². The fourth-order valence-electron chi connectivity index (χ4n) is 0.911. The Hall–Kier alpha value is -1.84. The van der Waals surface area contributed by atoms with Gasteiger partial charge in [-0.15, -0.1) is 0 Å². The van der Waals surface area contributed by atoms with Crippen LogP contribution in [0, 0.1) is 0 Å². The van der Waals surface area contributed by atoms with E-state index in [0.717, 1.165) is 0 Å². The molecule has 0 fully saturated rings. The molecule has 0 aromatic heterocycles. The van der Waals surface area contributed by atoms with E-state index in [1.54, 1.807) is 24.3 Å². The predicted molar refractivity (Wildman–Crippen MR) is 51.2 cm³/mol. The van der Waals surface area contributed by atoms with Crippen LogP contribution < -0.4 is 5.32 Å². The lowest BCUT2D eigenvalue weighted by atomic mass is 10.1. The van der Waals surface area contributed by atoms with E-state index in [2.05, 4.69) is 10.1 Å². The standard InChI is InChI=1S/C10H11NO3/c1-11-10(13)14-7-9(12)8-5-3-2-4-6-8/h2-6H,7H2,1H3,(H,11,13). The summed E-state index contributed by atoms with van der Waals surface area (Å²) in [6.45, 7) is -0.232. The van der Waals surface area contributed by atoms with Crippen LogP contribution in [0.2, 0.25) is 0 Å². The monoisotopic (exact) mass is 193 g/mol. The molecule has 0 unspecified atom stereocenters. The van der Waals surface area contributed by atoms with Crippen molar-refractivity contribution in [1.29, 1.82) is 0 Å². The highest BCUT2D eigenvalue weighted by Crippen LogP contribution is 1.99. The first-order valence-corrected chi connectivity index (χ1v) is 4.17. The number of ether oxygens (including phenoxy) is 1. The van der Waals surface area contributed by atoms with Crippen LogP contribution in [0.25, 0.3) is 0 Å². The first kappa shape index (κ1) is 10.2. The molecule has 0 saturated heterocycles. The Labute approximate surface area is 81.9 Å². The van der Waals surface area contributed by atoms with E-state index in [4.69, 9.17) is 0 Å². The van der Waals surface area contributed by atoms with Crippen molar-refractivity contribution in [3.05, 3.63) is 35.9 Å². The molecule has 0 saturated carbocycles. The average Bonchev–Trinajstić information content (AvgIpc) is 2.26. The molecule has 0 aliphatic rings. The maximum absolute atomic E-state index is 11.4. The molecule has 1 aromatic rings. The first-order valence-electron chi connectivity index (χ1n) is 4.17. The summed E-state index contributed by atoms with van der Waals surface area (Å²) in [7, 11) is 1.44. The van der Waals surface area contributed by atoms with Crippen LogP contribution in [-0.2, 0) is 4.74 Å². The third-order valence-electron chi connectivity index (χ3n) is 1.63. The molecular weight excluding hydrogens is 182 g/mol. The van der Waals surface area contributed by atoms with E-state index in [1.807, 2.05) is 6.07 Å². The smallest absolute Gasteiger partial charge is 0.407 e. The summed E-state index contributed by atoms with van der Waals surface area (Å²) >= 11 is 0. The number of carbonyl (C=O) groups is 2. The van der Waals surface area contributed by atoms with Gasteiger partial charge in [-0.3, -0.25) is 4.79 Å². The SMILES string of the molecule is CNC(=O)OCC(=O)c1ccccc1. The fraction of sp³-hybridized carbons (Fsp3) is 0.200. The third kappa shape index (κ3) is 2.90. The van der Waals surface area contributed by atoms with Crippen LogP contribution in [0.4, 0.5) is 4.79 Å². The van der Waals surface area contributed by atoms with Gasteiger partial charge in [-0.2, -0.15) is 0 Å². The minimum atomic E-state index is -0.603. The Morgan fingerprint density at radius 1 is 1.29 bits per heavy atom. The molecule has 0 aliphatic carbocycles. The highest BCUT2D eigenvalue weighted by molar-refractivity contribution is 5.97. The Bertz CT molecular complexity index is 321. The van der Waals surface area contributed by atoms with E-state index >= 15 is 0 Å². The molecular formula is C10H11NO3. The minimum Gasteiger partial charge on any atom is -0.441 e. The molecule has 0 heterocycles. The van der Waals surface area contributed by atoms with Gasteiger partial charge in [-0.05, 0) is 0 Å². The second-order valence-electron chi connectivity index (χ2n) is 2.62. The number of ketones is 1. The van der Waals surface area contributed by atoms with E-state index < -0.39 is 6.09 Å². The van der Waals surface area contributed by atoms with Crippen molar-refractivity contribution < 1.29 is 14.3 Å². The summed E-state index contributed by atoms with van der Waals surface area (Å²) in [5.41, 5.74) is 0.538. The predicted octanol–water partition coefficient (Wildman–Crippen LogP) is 1.23. The summed E-state index contributed by atoms with van der Waals surface area (Å²) in [4.78, 5) is 22.0. The molecule has 74 valence electrons. The zero-order valence-electron chi connectivity index (χ0n) is 7.82. The van der Waals surface area contributed by atoms with Gasteiger partial charge in [0.2, 0.25) is 0 Å². The Morgan fingerprint density at radius 3 is 2.50 bits per heavy atom. The summed E-state index contributed by atoms with van der Waals surface area (Å²) in [6.07, 6.45) is -0.603. The number of hydrogen-bond donors (Lipinski definition) is 1. The lowest BCUT2D eigenvalue weighted by Gasteiger charge is -2.02. The third-order valence-corrected chi connectivity index (χ3v) is 1.63. The number of amides is 1. The second kappa shape index (κ2) is 5.01. The van der Waals surface area contributed by atoms with Crippen LogP contribution in [0.5, 0.6) is 0 Å². The number of benzene rings is 1. The number of rotatable bonds is 3. The van der Waals surface area contributed by atoms with Crippen molar-refractivity contribution in [2.75, 3.05) is 13.7 Å². The minimum absolute atomic E-state index is 0.214. The van der Waals surface area contributed by atoms with Crippen molar-refractivity contribution in [2.45, 2.75) is 0 Å². The summed E-state index contributed by atoms with van der Waals surface area (Å²) in [5.74, 6) is -0.214. The van der Waals surface area contributed by atoms with Crippen LogP contribution in [0.1, 0.15) is 10.4 Å². The van der Waals surface area contributed by atoms with Gasteiger partial charge in [0.05, 0.1) is 0 Å². The van der Waals surface area contributed by atoms with Gasteiger partial charge >= 0.3 is 6.09 Å². The summed E-state index contributed by atoms with van der Waals surface area (Å²) < 4.78 is 4.61. The fourth-order valence-corrected chi connectivity index (χ4v) is 0.911. The lowest BCUT2D eigenvalue weighted by molar-refractivity contribution is 0.0847. The molecule has 1 aromatic carbocycles. The second-order valence-corrected chi connectivity index (χ2v) is 2.62. The normalized spacial score (nSPS) is 9.21. The molecule has 1 rings (SSSR count). The number of carbonyl (C=O) groups excluding carboxylic acids is 2. The maximum atomic E-state index is 11.4. The van der Waals surface area contributed by atoms with Crippen molar-refractivity contribution in [2.24, 2.45) is 0 Å². The van der Waals surface area contributed by atoms with Crippen molar-refractivity contribution in [1.82, 2.24) is 5.32 Å².